The summed E-state index contributed by atoms with van der Waals surface area (Å²) >= 11 is 5.85. The van der Waals surface area contributed by atoms with Gasteiger partial charge in [-0.1, -0.05) is 11.6 Å². The van der Waals surface area contributed by atoms with Crippen LogP contribution < -0.4 is 10.2 Å². The van der Waals surface area contributed by atoms with Crippen LogP contribution in [-0.4, -0.2) is 35.6 Å². The minimum absolute atomic E-state index is 0.0650. The Kier molecular flexibility index (Phi) is 4.10. The molecule has 0 spiro atoms. The molecule has 1 aliphatic carbocycles. The number of anilines is 1. The molecule has 2 N–H and O–H groups in total. The fourth-order valence-corrected chi connectivity index (χ4v) is 3.04. The lowest BCUT2D eigenvalue weighted by Crippen LogP contribution is -2.49. The van der Waals surface area contributed by atoms with E-state index in [9.17, 15) is 14.7 Å². The zero-order chi connectivity index (χ0) is 15.7. The topological polar surface area (TPSA) is 69.6 Å². The van der Waals surface area contributed by atoms with Gasteiger partial charge in [0.25, 0.3) is 0 Å². The highest BCUT2D eigenvalue weighted by Gasteiger charge is 2.38. The minimum atomic E-state index is -0.742. The van der Waals surface area contributed by atoms with E-state index in [1.807, 2.05) is 0 Å². The standard InChI is InChI=1S/C16H19ClN2O3/c17-12-2-4-13(5-3-12)19-9-11(8-14(19)20)15(21)18-10-16(22)6-1-7-16/h2-5,11,22H,1,6-10H2,(H,18,21). The van der Waals surface area contributed by atoms with Gasteiger partial charge >= 0.3 is 0 Å². The average Bonchev–Trinajstić information content (AvgIpc) is 2.86. The molecule has 2 aliphatic rings. The van der Waals surface area contributed by atoms with E-state index in [0.29, 0.717) is 11.6 Å². The molecule has 5 nitrogen and oxygen atoms in total. The Balaban J connectivity index is 1.59. The van der Waals surface area contributed by atoms with Gasteiger partial charge in [0, 0.05) is 30.2 Å². The summed E-state index contributed by atoms with van der Waals surface area (Å²) in [5.74, 6) is -0.596. The number of benzene rings is 1. The lowest BCUT2D eigenvalue weighted by atomic mass is 9.80. The quantitative estimate of drug-likeness (QED) is 0.887. The summed E-state index contributed by atoms with van der Waals surface area (Å²) < 4.78 is 0. The lowest BCUT2D eigenvalue weighted by Gasteiger charge is -2.36. The first kappa shape index (κ1) is 15.3. The SMILES string of the molecule is O=C(NCC1(O)CCC1)C1CC(=O)N(c2ccc(Cl)cc2)C1. The molecule has 1 atom stereocenters. The van der Waals surface area contributed by atoms with Crippen molar-refractivity contribution in [2.24, 2.45) is 5.92 Å². The predicted octanol–water partition coefficient (Wildman–Crippen LogP) is 1.72. The van der Waals surface area contributed by atoms with Gasteiger partial charge in [-0.15, -0.1) is 0 Å². The zero-order valence-corrected chi connectivity index (χ0v) is 13.0. The Labute approximate surface area is 134 Å². The molecule has 1 aromatic rings. The number of rotatable bonds is 4. The maximum atomic E-state index is 12.2. The summed E-state index contributed by atoms with van der Waals surface area (Å²) in [5, 5.41) is 13.4. The van der Waals surface area contributed by atoms with E-state index in [1.165, 1.54) is 0 Å². The van der Waals surface area contributed by atoms with E-state index >= 15 is 0 Å². The minimum Gasteiger partial charge on any atom is -0.388 e. The van der Waals surface area contributed by atoms with Crippen LogP contribution in [0.25, 0.3) is 0 Å². The van der Waals surface area contributed by atoms with Crippen molar-refractivity contribution in [3.63, 3.8) is 0 Å². The first-order valence-corrected chi connectivity index (χ1v) is 7.91. The van der Waals surface area contributed by atoms with Crippen LogP contribution in [0.5, 0.6) is 0 Å². The Hall–Kier alpha value is -1.59. The molecule has 2 fully saturated rings. The third kappa shape index (κ3) is 3.10. The molecule has 3 rings (SSSR count). The van der Waals surface area contributed by atoms with Crippen LogP contribution in [0.4, 0.5) is 5.69 Å². The number of nitrogens with zero attached hydrogens (tertiary/aromatic N) is 1. The lowest BCUT2D eigenvalue weighted by molar-refractivity contribution is -0.128. The Morgan fingerprint density at radius 2 is 2.05 bits per heavy atom. The van der Waals surface area contributed by atoms with Crippen LogP contribution >= 0.6 is 11.6 Å². The molecular formula is C16H19ClN2O3. The van der Waals surface area contributed by atoms with Gasteiger partial charge in [0.1, 0.15) is 0 Å². The van der Waals surface area contributed by atoms with Crippen molar-refractivity contribution in [3.05, 3.63) is 29.3 Å². The molecular weight excluding hydrogens is 304 g/mol. The molecule has 0 radical (unpaired) electrons. The van der Waals surface area contributed by atoms with Gasteiger partial charge in [-0.3, -0.25) is 9.59 Å². The number of aliphatic hydroxyl groups is 1. The van der Waals surface area contributed by atoms with Gasteiger partial charge in [-0.2, -0.15) is 0 Å². The Bertz CT molecular complexity index is 584. The summed E-state index contributed by atoms with van der Waals surface area (Å²) in [5.41, 5.74) is 0.0102. The smallest absolute Gasteiger partial charge is 0.227 e. The van der Waals surface area contributed by atoms with Crippen LogP contribution in [0.15, 0.2) is 24.3 Å². The maximum absolute atomic E-state index is 12.2. The third-order valence-corrected chi connectivity index (χ3v) is 4.76. The summed E-state index contributed by atoms with van der Waals surface area (Å²) in [7, 11) is 0. The average molecular weight is 323 g/mol. The van der Waals surface area contributed by atoms with Gasteiger partial charge < -0.3 is 15.3 Å². The second kappa shape index (κ2) is 5.89. The molecule has 1 heterocycles. The normalized spacial score (nSPS) is 23.3. The van der Waals surface area contributed by atoms with Crippen molar-refractivity contribution in [2.45, 2.75) is 31.3 Å². The molecule has 2 amide bonds. The largest absolute Gasteiger partial charge is 0.388 e. The van der Waals surface area contributed by atoms with E-state index in [1.54, 1.807) is 29.2 Å². The van der Waals surface area contributed by atoms with Crippen LogP contribution in [0.1, 0.15) is 25.7 Å². The summed E-state index contributed by atoms with van der Waals surface area (Å²) in [6, 6.07) is 7.00. The van der Waals surface area contributed by atoms with E-state index in [0.717, 1.165) is 24.9 Å². The van der Waals surface area contributed by atoms with Crippen molar-refractivity contribution in [1.82, 2.24) is 5.32 Å². The van der Waals surface area contributed by atoms with E-state index in [2.05, 4.69) is 5.32 Å². The number of halogens is 1. The van der Waals surface area contributed by atoms with Crippen molar-refractivity contribution < 1.29 is 14.7 Å². The Morgan fingerprint density at radius 1 is 1.36 bits per heavy atom. The molecule has 1 unspecified atom stereocenters. The van der Waals surface area contributed by atoms with Gasteiger partial charge in [0.05, 0.1) is 11.5 Å². The van der Waals surface area contributed by atoms with Gasteiger partial charge in [0.15, 0.2) is 0 Å². The fourth-order valence-electron chi connectivity index (χ4n) is 2.91. The number of hydrogen-bond donors (Lipinski definition) is 2. The first-order valence-electron chi connectivity index (χ1n) is 7.53. The molecule has 0 bridgehead atoms. The predicted molar refractivity (Wildman–Crippen MR) is 83.7 cm³/mol. The highest BCUT2D eigenvalue weighted by Crippen LogP contribution is 2.31. The van der Waals surface area contributed by atoms with E-state index in [-0.39, 0.29) is 30.7 Å². The number of nitrogens with one attached hydrogen (secondary N) is 1. The molecule has 1 aromatic carbocycles. The number of carbonyl (C=O) groups excluding carboxylic acids is 2. The van der Waals surface area contributed by atoms with Crippen molar-refractivity contribution in [2.75, 3.05) is 18.0 Å². The third-order valence-electron chi connectivity index (χ3n) is 4.51. The van der Waals surface area contributed by atoms with Crippen molar-refractivity contribution in [1.29, 1.82) is 0 Å². The molecule has 6 heteroatoms. The molecule has 22 heavy (non-hydrogen) atoms. The molecule has 1 saturated heterocycles. The fraction of sp³-hybridized carbons (Fsp3) is 0.500. The van der Waals surface area contributed by atoms with Crippen LogP contribution in [-0.2, 0) is 9.59 Å². The number of hydrogen-bond acceptors (Lipinski definition) is 3. The van der Waals surface area contributed by atoms with E-state index in [4.69, 9.17) is 11.6 Å². The molecule has 1 aliphatic heterocycles. The number of carbonyl (C=O) groups is 2. The molecule has 118 valence electrons. The zero-order valence-electron chi connectivity index (χ0n) is 12.2. The first-order chi connectivity index (χ1) is 10.5. The second-order valence-electron chi connectivity index (χ2n) is 6.18. The van der Waals surface area contributed by atoms with E-state index < -0.39 is 5.60 Å². The van der Waals surface area contributed by atoms with Gasteiger partial charge in [-0.05, 0) is 43.5 Å². The summed E-state index contributed by atoms with van der Waals surface area (Å²) in [6.45, 7) is 0.641. The van der Waals surface area contributed by atoms with Crippen LogP contribution in [0, 0.1) is 5.92 Å². The van der Waals surface area contributed by atoms with Gasteiger partial charge in [-0.25, -0.2) is 0 Å². The highest BCUT2D eigenvalue weighted by molar-refractivity contribution is 6.30. The van der Waals surface area contributed by atoms with Crippen molar-refractivity contribution in [3.8, 4) is 0 Å². The summed E-state index contributed by atoms with van der Waals surface area (Å²) in [4.78, 5) is 25.9. The molecule has 0 aromatic heterocycles. The molecule has 1 saturated carbocycles. The van der Waals surface area contributed by atoms with Gasteiger partial charge in [0.2, 0.25) is 11.8 Å². The highest BCUT2D eigenvalue weighted by atomic mass is 35.5. The second-order valence-corrected chi connectivity index (χ2v) is 6.61. The van der Waals surface area contributed by atoms with Crippen LogP contribution in [0.2, 0.25) is 5.02 Å². The summed E-state index contributed by atoms with van der Waals surface area (Å²) in [6.07, 6.45) is 2.66. The maximum Gasteiger partial charge on any atom is 0.227 e. The number of amides is 2. The monoisotopic (exact) mass is 322 g/mol. The Morgan fingerprint density at radius 3 is 2.64 bits per heavy atom. The van der Waals surface area contributed by atoms with Crippen LogP contribution in [0.3, 0.4) is 0 Å². The van der Waals surface area contributed by atoms with Crippen molar-refractivity contribution >= 4 is 29.1 Å².